The number of carboxylic acids is 1. The molecule has 1 amide bonds. The number of nitrogens with one attached hydrogen (secondary N) is 1. The molecule has 0 aliphatic carbocycles. The second-order valence-corrected chi connectivity index (χ2v) is 5.62. The second kappa shape index (κ2) is 9.07. The summed E-state index contributed by atoms with van der Waals surface area (Å²) >= 11 is 0. The van der Waals surface area contributed by atoms with E-state index >= 15 is 0 Å². The average Bonchev–Trinajstić information content (AvgIpc) is 2.66. The molecule has 1 aromatic heterocycles. The fourth-order valence-electron chi connectivity index (χ4n) is 2.28. The van der Waals surface area contributed by atoms with Crippen molar-refractivity contribution in [2.24, 2.45) is 0 Å². The van der Waals surface area contributed by atoms with Crippen LogP contribution in [-0.2, 0) is 6.42 Å². The number of carbonyl (C=O) groups excluding carboxylic acids is 1. The van der Waals surface area contributed by atoms with Crippen LogP contribution in [0.5, 0.6) is 11.6 Å². The van der Waals surface area contributed by atoms with Crippen LogP contribution in [0.15, 0.2) is 36.5 Å². The zero-order valence-electron chi connectivity index (χ0n) is 14.7. The number of aromatic carboxylic acids is 1. The summed E-state index contributed by atoms with van der Waals surface area (Å²) in [7, 11) is 1.41. The van der Waals surface area contributed by atoms with E-state index < -0.39 is 24.7 Å². The third-order valence-electron chi connectivity index (χ3n) is 3.59. The molecule has 150 valence electrons. The van der Waals surface area contributed by atoms with Crippen molar-refractivity contribution in [2.75, 3.05) is 20.3 Å². The molecule has 1 aromatic carbocycles. The van der Waals surface area contributed by atoms with Crippen molar-refractivity contribution in [3.63, 3.8) is 0 Å². The molecule has 2 N–H and O–H groups in total. The number of aromatic nitrogens is 1. The Morgan fingerprint density at radius 1 is 1.18 bits per heavy atom. The van der Waals surface area contributed by atoms with Gasteiger partial charge in [0.05, 0.1) is 12.7 Å². The largest absolute Gasteiger partial charge is 0.496 e. The maximum Gasteiger partial charge on any atom is 0.422 e. The molecule has 0 atom stereocenters. The molecule has 0 saturated heterocycles. The summed E-state index contributed by atoms with van der Waals surface area (Å²) in [6.45, 7) is -1.31. The number of methoxy groups -OCH3 is 1. The van der Waals surface area contributed by atoms with Gasteiger partial charge in [0.2, 0.25) is 5.88 Å². The van der Waals surface area contributed by atoms with Crippen molar-refractivity contribution in [3.05, 3.63) is 53.2 Å². The van der Waals surface area contributed by atoms with E-state index in [0.717, 1.165) is 6.07 Å². The number of hydrogen-bond donors (Lipinski definition) is 2. The summed E-state index contributed by atoms with van der Waals surface area (Å²) in [4.78, 5) is 26.8. The first-order valence-corrected chi connectivity index (χ1v) is 8.03. The number of benzene rings is 1. The molecular formula is C18H17F3N2O5. The Morgan fingerprint density at radius 2 is 1.93 bits per heavy atom. The maximum absolute atomic E-state index is 12.2. The maximum atomic E-state index is 12.2. The molecule has 1 heterocycles. The first-order chi connectivity index (χ1) is 13.2. The van der Waals surface area contributed by atoms with E-state index in [1.54, 1.807) is 6.07 Å². The fourth-order valence-corrected chi connectivity index (χ4v) is 2.28. The van der Waals surface area contributed by atoms with Crippen molar-refractivity contribution in [2.45, 2.75) is 12.6 Å². The number of carbonyl (C=O) groups is 2. The SMILES string of the molecule is COc1cc(C(=O)O)ccc1CCNC(=O)c1ccnc(OCC(F)(F)F)c1. The lowest BCUT2D eigenvalue weighted by atomic mass is 10.1. The number of hydrogen-bond acceptors (Lipinski definition) is 5. The van der Waals surface area contributed by atoms with E-state index in [0.29, 0.717) is 17.7 Å². The molecule has 0 fully saturated rings. The smallest absolute Gasteiger partial charge is 0.422 e. The minimum absolute atomic E-state index is 0.0767. The number of halogens is 3. The van der Waals surface area contributed by atoms with Gasteiger partial charge in [-0.15, -0.1) is 0 Å². The van der Waals surface area contributed by atoms with Gasteiger partial charge in [-0.05, 0) is 30.2 Å². The van der Waals surface area contributed by atoms with Crippen LogP contribution in [0.4, 0.5) is 13.2 Å². The van der Waals surface area contributed by atoms with Crippen LogP contribution in [0.3, 0.4) is 0 Å². The summed E-state index contributed by atoms with van der Waals surface area (Å²) < 4.78 is 46.2. The Balaban J connectivity index is 1.95. The highest BCUT2D eigenvalue weighted by Gasteiger charge is 2.28. The number of ether oxygens (including phenoxy) is 2. The van der Waals surface area contributed by atoms with Crippen LogP contribution in [0.25, 0.3) is 0 Å². The van der Waals surface area contributed by atoms with E-state index in [-0.39, 0.29) is 23.6 Å². The van der Waals surface area contributed by atoms with Crippen LogP contribution in [-0.4, -0.2) is 48.4 Å². The minimum atomic E-state index is -4.50. The van der Waals surface area contributed by atoms with Gasteiger partial charge in [0.15, 0.2) is 6.61 Å². The summed E-state index contributed by atoms with van der Waals surface area (Å²) in [5.41, 5.74) is 0.866. The van der Waals surface area contributed by atoms with Gasteiger partial charge in [-0.1, -0.05) is 6.07 Å². The van der Waals surface area contributed by atoms with Crippen LogP contribution in [0.2, 0.25) is 0 Å². The van der Waals surface area contributed by atoms with Crippen molar-refractivity contribution in [1.82, 2.24) is 10.3 Å². The van der Waals surface area contributed by atoms with Gasteiger partial charge >= 0.3 is 12.1 Å². The predicted octanol–water partition coefficient (Wildman–Crippen LogP) is 2.70. The number of nitrogens with zero attached hydrogens (tertiary/aromatic N) is 1. The predicted molar refractivity (Wildman–Crippen MR) is 91.8 cm³/mol. The number of rotatable bonds is 8. The highest BCUT2D eigenvalue weighted by molar-refractivity contribution is 5.94. The molecule has 0 aliphatic rings. The topological polar surface area (TPSA) is 97.8 Å². The number of pyridine rings is 1. The highest BCUT2D eigenvalue weighted by atomic mass is 19.4. The van der Waals surface area contributed by atoms with Gasteiger partial charge in [-0.3, -0.25) is 4.79 Å². The summed E-state index contributed by atoms with van der Waals surface area (Å²) in [5, 5.41) is 11.6. The molecule has 2 aromatic rings. The molecule has 0 saturated carbocycles. The van der Waals surface area contributed by atoms with E-state index in [9.17, 15) is 22.8 Å². The third kappa shape index (κ3) is 6.15. The zero-order chi connectivity index (χ0) is 20.7. The lowest BCUT2D eigenvalue weighted by molar-refractivity contribution is -0.154. The Labute approximate surface area is 158 Å². The summed E-state index contributed by atoms with van der Waals surface area (Å²) in [6, 6.07) is 6.85. The van der Waals surface area contributed by atoms with E-state index in [2.05, 4.69) is 15.0 Å². The normalized spacial score (nSPS) is 11.0. The molecule has 0 radical (unpaired) electrons. The van der Waals surface area contributed by atoms with Crippen LogP contribution >= 0.6 is 0 Å². The van der Waals surface area contributed by atoms with E-state index in [1.807, 2.05) is 0 Å². The standard InChI is InChI=1S/C18H17F3N2O5/c1-27-14-8-13(17(25)26)3-2-11(14)4-7-23-16(24)12-5-6-22-15(9-12)28-10-18(19,20)21/h2-3,5-6,8-9H,4,7,10H2,1H3,(H,23,24)(H,25,26). The molecule has 0 bridgehead atoms. The van der Waals surface area contributed by atoms with Gasteiger partial charge in [0, 0.05) is 24.4 Å². The third-order valence-corrected chi connectivity index (χ3v) is 3.59. The van der Waals surface area contributed by atoms with Gasteiger partial charge in [-0.25, -0.2) is 9.78 Å². The molecular weight excluding hydrogens is 381 g/mol. The van der Waals surface area contributed by atoms with Crippen molar-refractivity contribution in [1.29, 1.82) is 0 Å². The number of amides is 1. The number of alkyl halides is 3. The minimum Gasteiger partial charge on any atom is -0.496 e. The molecule has 10 heteroatoms. The first-order valence-electron chi connectivity index (χ1n) is 8.03. The molecule has 28 heavy (non-hydrogen) atoms. The number of carboxylic acid groups (broad SMARTS) is 1. The van der Waals surface area contributed by atoms with Crippen molar-refractivity contribution < 1.29 is 37.3 Å². The monoisotopic (exact) mass is 398 g/mol. The molecule has 0 spiro atoms. The van der Waals surface area contributed by atoms with Crippen molar-refractivity contribution >= 4 is 11.9 Å². The lowest BCUT2D eigenvalue weighted by Crippen LogP contribution is -2.26. The Bertz CT molecular complexity index is 855. The average molecular weight is 398 g/mol. The Hall–Kier alpha value is -3.30. The molecule has 2 rings (SSSR count). The summed E-state index contributed by atoms with van der Waals surface area (Å²) in [5.74, 6) is -1.53. The lowest BCUT2D eigenvalue weighted by Gasteiger charge is -2.11. The fraction of sp³-hybridized carbons (Fsp3) is 0.278. The Morgan fingerprint density at radius 3 is 2.57 bits per heavy atom. The van der Waals surface area contributed by atoms with Crippen molar-refractivity contribution in [3.8, 4) is 11.6 Å². The highest BCUT2D eigenvalue weighted by Crippen LogP contribution is 2.21. The second-order valence-electron chi connectivity index (χ2n) is 5.62. The van der Waals surface area contributed by atoms with Gasteiger partial charge in [-0.2, -0.15) is 13.2 Å². The van der Waals surface area contributed by atoms with Crippen LogP contribution < -0.4 is 14.8 Å². The quantitative estimate of drug-likeness (QED) is 0.710. The molecule has 0 aliphatic heterocycles. The van der Waals surface area contributed by atoms with E-state index in [1.165, 1.54) is 31.5 Å². The van der Waals surface area contributed by atoms with E-state index in [4.69, 9.17) is 9.84 Å². The molecule has 0 unspecified atom stereocenters. The summed E-state index contributed by atoms with van der Waals surface area (Å²) in [6.07, 6.45) is -2.97. The van der Waals surface area contributed by atoms with Crippen LogP contribution in [0.1, 0.15) is 26.3 Å². The molecule has 7 nitrogen and oxygen atoms in total. The Kier molecular flexibility index (Phi) is 6.80. The van der Waals surface area contributed by atoms with Gasteiger partial charge < -0.3 is 19.9 Å². The zero-order valence-corrected chi connectivity index (χ0v) is 14.7. The van der Waals surface area contributed by atoms with Crippen LogP contribution in [0, 0.1) is 0 Å². The first kappa shape index (κ1) is 21.0. The van der Waals surface area contributed by atoms with Gasteiger partial charge in [0.1, 0.15) is 5.75 Å². The van der Waals surface area contributed by atoms with Gasteiger partial charge in [0.25, 0.3) is 5.91 Å².